The minimum absolute atomic E-state index is 0. The van der Waals surface area contributed by atoms with Crippen LogP contribution in [0.1, 0.15) is 92.2 Å². The zero-order chi connectivity index (χ0) is 30.9. The molecule has 0 radical (unpaired) electrons. The molecule has 4 aliphatic rings. The molecule has 1 amide bonds. The average molecular weight is 710 g/mol. The molecule has 45 heavy (non-hydrogen) atoms. The van der Waals surface area contributed by atoms with Crippen molar-refractivity contribution in [3.63, 3.8) is 0 Å². The zero-order valence-electron chi connectivity index (χ0n) is 26.8. The number of carbonyl (C=O) groups excluding carboxylic acids is 1. The predicted octanol–water partition coefficient (Wildman–Crippen LogP) is 5.03. The smallest absolute Gasteiger partial charge is 0.233 e. The number of hydrogen-bond donors (Lipinski definition) is 1. The number of anilines is 3. The van der Waals surface area contributed by atoms with E-state index >= 15 is 0 Å². The van der Waals surface area contributed by atoms with Crippen LogP contribution in [0.4, 0.5) is 16.6 Å². The number of thiophene rings is 1. The van der Waals surface area contributed by atoms with Crippen LogP contribution in [0.5, 0.6) is 0 Å². The van der Waals surface area contributed by atoms with Crippen molar-refractivity contribution >= 4 is 33.9 Å². The van der Waals surface area contributed by atoms with E-state index in [1.807, 2.05) is 11.9 Å². The molecule has 3 aromatic heterocycles. The van der Waals surface area contributed by atoms with Crippen LogP contribution >= 0.6 is 11.3 Å². The Morgan fingerprint density at radius 2 is 1.98 bits per heavy atom. The summed E-state index contributed by atoms with van der Waals surface area (Å²) in [4.78, 5) is 31.6. The number of nitrogens with two attached hydrogens (primary N) is 1. The first kappa shape index (κ1) is 32.2. The Bertz CT molecular complexity index is 1670. The van der Waals surface area contributed by atoms with Gasteiger partial charge in [-0.1, -0.05) is 5.16 Å². The molecule has 1 saturated heterocycles. The molecule has 0 bridgehead atoms. The second-order valence-electron chi connectivity index (χ2n) is 13.5. The standard InChI is InChI=1S/C33H41N8O2S.Mo/c1-18(2)17-40(5)31-21-15-25(42)41(19(3)23-10-8-14-39(23)4)32(21)37-30(36-31)27-20-9-6-12-33(28(20)43-38-27)13-7-11-24-26(33)22(16-34)29(35)44-24;/h19,23H,6-15,17,35H2,1-5H3;/q-1;/t19-,23+,33+;/m1./s1. The largest absolute Gasteiger partial charge is 0.389 e. The number of aromatic nitrogens is 3. The summed E-state index contributed by atoms with van der Waals surface area (Å²) in [5, 5.41) is 15.4. The normalized spacial score (nSPS) is 23.1. The number of likely N-dealkylation sites (tertiary alicyclic amines) is 1. The van der Waals surface area contributed by atoms with E-state index in [0.717, 1.165) is 92.7 Å². The van der Waals surface area contributed by atoms with Crippen LogP contribution in [0.15, 0.2) is 4.52 Å². The number of hydrogen-bond acceptors (Lipinski definition) is 10. The summed E-state index contributed by atoms with van der Waals surface area (Å²) in [6.07, 6.45) is 7.95. The van der Waals surface area contributed by atoms with Crippen molar-refractivity contribution in [2.75, 3.05) is 42.7 Å². The van der Waals surface area contributed by atoms with Gasteiger partial charge in [0.25, 0.3) is 0 Å². The van der Waals surface area contributed by atoms with Gasteiger partial charge in [0.1, 0.15) is 22.7 Å². The van der Waals surface area contributed by atoms with E-state index in [2.05, 4.69) is 48.8 Å². The van der Waals surface area contributed by atoms with E-state index in [1.54, 1.807) is 11.3 Å². The maximum Gasteiger partial charge on any atom is 0.233 e. The fraction of sp³-hybridized carbons (Fsp3) is 0.576. The first-order valence-electron chi connectivity index (χ1n) is 15.9. The Hall–Kier alpha value is -2.80. The maximum absolute atomic E-state index is 13.7. The molecule has 1 spiro atoms. The molecule has 0 unspecified atom stereocenters. The van der Waals surface area contributed by atoms with Crippen LogP contribution in [0.3, 0.4) is 0 Å². The Morgan fingerprint density at radius 3 is 2.67 bits per heavy atom. The summed E-state index contributed by atoms with van der Waals surface area (Å²) in [5.41, 5.74) is 10.1. The van der Waals surface area contributed by atoms with Crippen LogP contribution < -0.4 is 15.5 Å². The van der Waals surface area contributed by atoms with Gasteiger partial charge in [0, 0.05) is 50.2 Å². The molecular weight excluding hydrogens is 668 g/mol. The van der Waals surface area contributed by atoms with Crippen LogP contribution in [-0.4, -0.2) is 65.2 Å². The zero-order valence-corrected chi connectivity index (χ0v) is 29.6. The van der Waals surface area contributed by atoms with E-state index in [4.69, 9.17) is 20.2 Å². The number of nitriles is 1. The molecule has 0 saturated carbocycles. The molecule has 0 aromatic carbocycles. The van der Waals surface area contributed by atoms with Gasteiger partial charge in [-0.3, -0.25) is 9.69 Å². The van der Waals surface area contributed by atoms with E-state index in [-0.39, 0.29) is 45.5 Å². The quantitative estimate of drug-likeness (QED) is 0.277. The van der Waals surface area contributed by atoms with Crippen LogP contribution in [0.25, 0.3) is 11.5 Å². The maximum atomic E-state index is 13.7. The van der Waals surface area contributed by atoms with Gasteiger partial charge in [-0.2, -0.15) is 19.1 Å². The number of rotatable bonds is 6. The molecule has 3 atom stereocenters. The molecule has 7 rings (SSSR count). The molecule has 10 nitrogen and oxygen atoms in total. The third kappa shape index (κ3) is 5.03. The number of nitrogens with zero attached hydrogens (tertiary/aromatic N) is 7. The third-order valence-electron chi connectivity index (χ3n) is 10.3. The summed E-state index contributed by atoms with van der Waals surface area (Å²) in [6, 6.07) is 2.67. The number of likely N-dealkylation sites (N-methyl/N-ethyl adjacent to an activating group) is 1. The van der Waals surface area contributed by atoms with Crippen molar-refractivity contribution in [3.8, 4) is 17.6 Å². The molecule has 3 aromatic rings. The van der Waals surface area contributed by atoms with Gasteiger partial charge >= 0.3 is 0 Å². The monoisotopic (exact) mass is 711 g/mol. The Labute approximate surface area is 283 Å². The van der Waals surface area contributed by atoms with Crippen molar-refractivity contribution in [1.82, 2.24) is 20.0 Å². The summed E-state index contributed by atoms with van der Waals surface area (Å²) in [6.45, 7) is 8.11. The third-order valence-corrected chi connectivity index (χ3v) is 11.4. The minimum Gasteiger partial charge on any atom is -0.389 e. The first-order chi connectivity index (χ1) is 21.1. The van der Waals surface area contributed by atoms with Crippen molar-refractivity contribution < 1.29 is 30.4 Å². The molecular formula is C33H41MoN8O2S-. The number of fused-ring (bicyclic) bond motifs is 5. The molecule has 2 aliphatic carbocycles. The number of aryl methyl sites for hydroxylation is 1. The number of amides is 1. The van der Waals surface area contributed by atoms with Crippen LogP contribution in [-0.2, 0) is 50.5 Å². The molecule has 5 heterocycles. The Morgan fingerprint density at radius 1 is 1.22 bits per heavy atom. The van der Waals surface area contributed by atoms with Gasteiger partial charge in [0.15, 0.2) is 17.3 Å². The van der Waals surface area contributed by atoms with Gasteiger partial charge in [0.05, 0.1) is 23.4 Å². The molecule has 2 aliphatic heterocycles. The number of carbonyl (C=O) groups is 1. The topological polar surface area (TPSA) is 128 Å². The summed E-state index contributed by atoms with van der Waals surface area (Å²) in [7, 11) is 4.18. The molecule has 238 valence electrons. The minimum atomic E-state index is -0.417. The summed E-state index contributed by atoms with van der Waals surface area (Å²) in [5.74, 6) is 4.12. The first-order valence-corrected chi connectivity index (χ1v) is 16.7. The van der Waals surface area contributed by atoms with Crippen LogP contribution in [0, 0.1) is 17.2 Å². The van der Waals surface area contributed by atoms with Crippen molar-refractivity contribution in [2.24, 2.45) is 0 Å². The van der Waals surface area contributed by atoms with E-state index in [0.29, 0.717) is 27.9 Å². The van der Waals surface area contributed by atoms with Gasteiger partial charge in [-0.05, 0) is 77.4 Å². The molecule has 12 heteroatoms. The molecule has 2 N–H and O–H groups in total. The Kier molecular flexibility index (Phi) is 8.64. The van der Waals surface area contributed by atoms with Crippen molar-refractivity contribution in [3.05, 3.63) is 38.8 Å². The van der Waals surface area contributed by atoms with Crippen molar-refractivity contribution in [1.29, 1.82) is 5.26 Å². The average Bonchev–Trinajstić information content (AvgIpc) is 3.76. The van der Waals surface area contributed by atoms with Gasteiger partial charge in [-0.25, -0.2) is 9.97 Å². The van der Waals surface area contributed by atoms with E-state index in [9.17, 15) is 10.1 Å². The SMILES string of the molecule is C[C-](C)CN(C)c1nc(-c2noc3c2CCC[C@@]32CCCc3sc(N)c(C#N)c32)nc2c1CC(=O)N2[C@H](C)[C@@H]1CCCN1C.[Mo]. The summed E-state index contributed by atoms with van der Waals surface area (Å²) >= 11 is 1.54. The fourth-order valence-electron chi connectivity index (χ4n) is 8.50. The second-order valence-corrected chi connectivity index (χ2v) is 14.6. The van der Waals surface area contributed by atoms with Gasteiger partial charge in [0.2, 0.25) is 5.91 Å². The van der Waals surface area contributed by atoms with E-state index in [1.165, 1.54) is 10.8 Å². The fourth-order valence-corrected chi connectivity index (χ4v) is 9.66. The Balaban J connectivity index is 0.00000357. The van der Waals surface area contributed by atoms with Gasteiger partial charge in [-0.15, -0.1) is 17.9 Å². The van der Waals surface area contributed by atoms with Crippen molar-refractivity contribution in [2.45, 2.75) is 96.1 Å². The summed E-state index contributed by atoms with van der Waals surface area (Å²) < 4.78 is 6.29. The predicted molar refractivity (Wildman–Crippen MR) is 172 cm³/mol. The van der Waals surface area contributed by atoms with Crippen LogP contribution in [0.2, 0.25) is 0 Å². The van der Waals surface area contributed by atoms with Gasteiger partial charge < -0.3 is 26.0 Å². The van der Waals surface area contributed by atoms with E-state index < -0.39 is 5.41 Å². The number of nitrogen functional groups attached to an aromatic ring is 1. The second kappa shape index (κ2) is 12.1. The molecule has 1 fully saturated rings.